The van der Waals surface area contributed by atoms with Crippen molar-refractivity contribution >= 4 is 11.9 Å². The first-order valence-electron chi connectivity index (χ1n) is 6.27. The monoisotopic (exact) mass is 247 g/mol. The first kappa shape index (κ1) is 12.6. The van der Waals surface area contributed by atoms with E-state index in [2.05, 4.69) is 5.32 Å². The minimum atomic E-state index is -0.939. The second kappa shape index (κ2) is 5.67. The van der Waals surface area contributed by atoms with E-state index in [-0.39, 0.29) is 11.8 Å². The summed E-state index contributed by atoms with van der Waals surface area (Å²) in [5.74, 6) is -1.18. The van der Waals surface area contributed by atoms with Gasteiger partial charge in [0.15, 0.2) is 0 Å². The molecule has 1 saturated carbocycles. The summed E-state index contributed by atoms with van der Waals surface area (Å²) in [5.41, 5.74) is 0.502. The summed E-state index contributed by atoms with van der Waals surface area (Å²) in [6, 6.07) is 7.95. The highest BCUT2D eigenvalue weighted by Crippen LogP contribution is 2.28. The van der Waals surface area contributed by atoms with Crippen LogP contribution in [0, 0.1) is 5.92 Å². The number of carboxylic acid groups (broad SMARTS) is 1. The number of aliphatic carboxylic acids is 1. The van der Waals surface area contributed by atoms with Crippen molar-refractivity contribution in [1.29, 1.82) is 0 Å². The summed E-state index contributed by atoms with van der Waals surface area (Å²) >= 11 is 0. The summed E-state index contributed by atoms with van der Waals surface area (Å²) < 4.78 is 0. The average molecular weight is 247 g/mol. The molecule has 1 aliphatic carbocycles. The molecule has 1 aromatic rings. The molecule has 1 fully saturated rings. The zero-order chi connectivity index (χ0) is 13.0. The Balaban J connectivity index is 2.05. The summed E-state index contributed by atoms with van der Waals surface area (Å²) in [7, 11) is 0. The van der Waals surface area contributed by atoms with Crippen molar-refractivity contribution in [2.75, 3.05) is 0 Å². The maximum Gasteiger partial charge on any atom is 0.326 e. The van der Waals surface area contributed by atoms with Gasteiger partial charge in [0.05, 0.1) is 0 Å². The van der Waals surface area contributed by atoms with Crippen molar-refractivity contribution < 1.29 is 14.7 Å². The topological polar surface area (TPSA) is 66.4 Å². The van der Waals surface area contributed by atoms with E-state index in [1.54, 1.807) is 24.3 Å². The molecule has 4 nitrogen and oxygen atoms in total. The molecule has 2 rings (SSSR count). The van der Waals surface area contributed by atoms with E-state index >= 15 is 0 Å². The van der Waals surface area contributed by atoms with Crippen molar-refractivity contribution in [1.82, 2.24) is 5.32 Å². The summed E-state index contributed by atoms with van der Waals surface area (Å²) in [5, 5.41) is 11.9. The van der Waals surface area contributed by atoms with Gasteiger partial charge in [0.1, 0.15) is 6.04 Å². The van der Waals surface area contributed by atoms with Crippen LogP contribution >= 0.6 is 0 Å². The first-order chi connectivity index (χ1) is 8.68. The third-order valence-electron chi connectivity index (χ3n) is 3.46. The predicted molar refractivity (Wildman–Crippen MR) is 67.3 cm³/mol. The van der Waals surface area contributed by atoms with Gasteiger partial charge >= 0.3 is 5.97 Å². The molecule has 0 heterocycles. The maximum absolute atomic E-state index is 11.9. The third-order valence-corrected chi connectivity index (χ3v) is 3.46. The van der Waals surface area contributed by atoms with Crippen molar-refractivity contribution in [3.63, 3.8) is 0 Å². The molecule has 0 aromatic heterocycles. The van der Waals surface area contributed by atoms with Gasteiger partial charge in [-0.3, -0.25) is 4.79 Å². The summed E-state index contributed by atoms with van der Waals surface area (Å²) in [6.45, 7) is 0. The number of carbonyl (C=O) groups is 2. The van der Waals surface area contributed by atoms with Crippen LogP contribution in [-0.2, 0) is 4.79 Å². The number of nitrogens with one attached hydrogen (secondary N) is 1. The van der Waals surface area contributed by atoms with Crippen LogP contribution in [0.2, 0.25) is 0 Å². The van der Waals surface area contributed by atoms with Gasteiger partial charge in [-0.25, -0.2) is 4.79 Å². The first-order valence-corrected chi connectivity index (χ1v) is 6.27. The van der Waals surface area contributed by atoms with E-state index in [1.165, 1.54) is 0 Å². The van der Waals surface area contributed by atoms with E-state index in [0.717, 1.165) is 25.7 Å². The predicted octanol–water partition coefficient (Wildman–Crippen LogP) is 2.06. The van der Waals surface area contributed by atoms with Crippen LogP contribution in [0.5, 0.6) is 0 Å². The van der Waals surface area contributed by atoms with Gasteiger partial charge in [-0.15, -0.1) is 0 Å². The van der Waals surface area contributed by atoms with Gasteiger partial charge in [0.2, 0.25) is 0 Å². The second-order valence-electron chi connectivity index (χ2n) is 4.70. The van der Waals surface area contributed by atoms with E-state index < -0.39 is 12.0 Å². The number of rotatable bonds is 4. The summed E-state index contributed by atoms with van der Waals surface area (Å²) in [6.07, 6.45) is 3.86. The quantitative estimate of drug-likeness (QED) is 0.855. The Morgan fingerprint density at radius 2 is 1.78 bits per heavy atom. The molecule has 1 aliphatic rings. The van der Waals surface area contributed by atoms with Crippen LogP contribution in [0.1, 0.15) is 36.0 Å². The molecule has 1 atom stereocenters. The zero-order valence-corrected chi connectivity index (χ0v) is 10.1. The molecule has 4 heteroatoms. The lowest BCUT2D eigenvalue weighted by Gasteiger charge is -2.20. The van der Waals surface area contributed by atoms with Gasteiger partial charge in [-0.1, -0.05) is 31.0 Å². The van der Waals surface area contributed by atoms with Gasteiger partial charge in [0.25, 0.3) is 5.91 Å². The van der Waals surface area contributed by atoms with Crippen LogP contribution in [0.4, 0.5) is 0 Å². The molecule has 2 N–H and O–H groups in total. The van der Waals surface area contributed by atoms with Gasteiger partial charge in [-0.05, 0) is 30.9 Å². The standard InChI is InChI=1S/C14H17NO3/c16-13(11-8-2-1-3-9-11)15-12(14(17)18)10-6-4-5-7-10/h1-3,8-10,12H,4-7H2,(H,15,16)(H,17,18). The fourth-order valence-electron chi connectivity index (χ4n) is 2.49. The Morgan fingerprint density at radius 3 is 2.33 bits per heavy atom. The molecule has 1 aromatic carbocycles. The molecule has 0 radical (unpaired) electrons. The summed E-state index contributed by atoms with van der Waals surface area (Å²) in [4.78, 5) is 23.2. The molecule has 1 unspecified atom stereocenters. The van der Waals surface area contributed by atoms with Gasteiger partial charge in [-0.2, -0.15) is 0 Å². The highest BCUT2D eigenvalue weighted by molar-refractivity contribution is 5.96. The van der Waals surface area contributed by atoms with Crippen LogP contribution in [-0.4, -0.2) is 23.0 Å². The lowest BCUT2D eigenvalue weighted by molar-refractivity contribution is -0.140. The SMILES string of the molecule is O=C(NC(C(=O)O)C1CCCC1)c1ccccc1. The maximum atomic E-state index is 11.9. The number of carboxylic acids is 1. The van der Waals surface area contributed by atoms with Crippen LogP contribution < -0.4 is 5.32 Å². The van der Waals surface area contributed by atoms with E-state index in [4.69, 9.17) is 0 Å². The molecular formula is C14H17NO3. The lowest BCUT2D eigenvalue weighted by atomic mass is 9.98. The van der Waals surface area contributed by atoms with Crippen LogP contribution in [0.15, 0.2) is 30.3 Å². The van der Waals surface area contributed by atoms with Crippen molar-refractivity contribution in [2.24, 2.45) is 5.92 Å². The Kier molecular flexibility index (Phi) is 3.97. The van der Waals surface area contributed by atoms with Crippen LogP contribution in [0.25, 0.3) is 0 Å². The third kappa shape index (κ3) is 2.88. The molecule has 96 valence electrons. The molecule has 0 saturated heterocycles. The van der Waals surface area contributed by atoms with Crippen molar-refractivity contribution in [3.05, 3.63) is 35.9 Å². The average Bonchev–Trinajstić information content (AvgIpc) is 2.90. The minimum absolute atomic E-state index is 0.0650. The van der Waals surface area contributed by atoms with Crippen molar-refractivity contribution in [2.45, 2.75) is 31.7 Å². The lowest BCUT2D eigenvalue weighted by Crippen LogP contribution is -2.45. The Bertz CT molecular complexity index is 424. The second-order valence-corrected chi connectivity index (χ2v) is 4.70. The van der Waals surface area contributed by atoms with Crippen molar-refractivity contribution in [3.8, 4) is 0 Å². The smallest absolute Gasteiger partial charge is 0.326 e. The highest BCUT2D eigenvalue weighted by atomic mass is 16.4. The normalized spacial score (nSPS) is 17.3. The number of hydrogen-bond donors (Lipinski definition) is 2. The van der Waals surface area contributed by atoms with Gasteiger partial charge in [0, 0.05) is 5.56 Å². The number of amides is 1. The Morgan fingerprint density at radius 1 is 1.17 bits per heavy atom. The van der Waals surface area contributed by atoms with Crippen LogP contribution in [0.3, 0.4) is 0 Å². The fourth-order valence-corrected chi connectivity index (χ4v) is 2.49. The molecule has 18 heavy (non-hydrogen) atoms. The molecule has 0 bridgehead atoms. The molecule has 1 amide bonds. The minimum Gasteiger partial charge on any atom is -0.480 e. The van der Waals surface area contributed by atoms with E-state index in [0.29, 0.717) is 5.56 Å². The van der Waals surface area contributed by atoms with Gasteiger partial charge < -0.3 is 10.4 Å². The van der Waals surface area contributed by atoms with E-state index in [1.807, 2.05) is 6.07 Å². The largest absolute Gasteiger partial charge is 0.480 e. The zero-order valence-electron chi connectivity index (χ0n) is 10.1. The Labute approximate surface area is 106 Å². The van der Waals surface area contributed by atoms with E-state index in [9.17, 15) is 14.7 Å². The number of carbonyl (C=O) groups excluding carboxylic acids is 1. The Hall–Kier alpha value is -1.84. The number of benzene rings is 1. The number of hydrogen-bond acceptors (Lipinski definition) is 2. The highest BCUT2D eigenvalue weighted by Gasteiger charge is 2.31. The molecule has 0 spiro atoms. The molecule has 0 aliphatic heterocycles. The fraction of sp³-hybridized carbons (Fsp3) is 0.429. The molecular weight excluding hydrogens is 230 g/mol.